The van der Waals surface area contributed by atoms with E-state index in [1.165, 1.54) is 6.33 Å². The highest BCUT2D eigenvalue weighted by molar-refractivity contribution is 6.04. The number of aromatic nitrogens is 5. The van der Waals surface area contributed by atoms with Crippen LogP contribution in [-0.2, 0) is 13.1 Å². The number of anilines is 3. The Balaban J connectivity index is 1.34. The summed E-state index contributed by atoms with van der Waals surface area (Å²) in [7, 11) is 0. The zero-order valence-corrected chi connectivity index (χ0v) is 16.3. The first-order chi connectivity index (χ1) is 14.8. The van der Waals surface area contributed by atoms with Crippen LogP contribution in [-0.4, -0.2) is 57.0 Å². The van der Waals surface area contributed by atoms with E-state index in [0.29, 0.717) is 30.4 Å². The number of carbonyl (C=O) groups excluding carboxylic acids is 1. The van der Waals surface area contributed by atoms with E-state index in [1.807, 2.05) is 11.0 Å². The molecule has 5 rings (SSSR count). The van der Waals surface area contributed by atoms with Gasteiger partial charge >= 0.3 is 0 Å². The first-order valence-corrected chi connectivity index (χ1v) is 9.85. The van der Waals surface area contributed by atoms with Gasteiger partial charge < -0.3 is 20.4 Å². The van der Waals surface area contributed by atoms with E-state index < -0.39 is 0 Å². The molecule has 0 bridgehead atoms. The number of piperazine rings is 1. The Bertz CT molecular complexity index is 1040. The van der Waals surface area contributed by atoms with Crippen molar-refractivity contribution in [2.75, 3.05) is 41.3 Å². The van der Waals surface area contributed by atoms with Crippen molar-refractivity contribution in [3.05, 3.63) is 60.2 Å². The van der Waals surface area contributed by atoms with E-state index in [9.17, 15) is 4.79 Å². The quantitative estimate of drug-likeness (QED) is 0.654. The second kappa shape index (κ2) is 7.99. The predicted molar refractivity (Wildman–Crippen MR) is 111 cm³/mol. The summed E-state index contributed by atoms with van der Waals surface area (Å²) in [6.45, 7) is 4.79. The molecule has 0 atom stereocenters. The van der Waals surface area contributed by atoms with Gasteiger partial charge in [-0.2, -0.15) is 0 Å². The fourth-order valence-corrected chi connectivity index (χ4v) is 3.72. The third kappa shape index (κ3) is 3.64. The minimum atomic E-state index is -0.292. The maximum absolute atomic E-state index is 12.9. The van der Waals surface area contributed by atoms with Gasteiger partial charge in [0.05, 0.1) is 29.8 Å². The summed E-state index contributed by atoms with van der Waals surface area (Å²) in [6.07, 6.45) is 8.36. The van der Waals surface area contributed by atoms with Crippen LogP contribution in [0, 0.1) is 0 Å². The molecule has 2 aliphatic heterocycles. The Morgan fingerprint density at radius 3 is 2.77 bits per heavy atom. The molecule has 2 aliphatic rings. The normalized spacial score (nSPS) is 15.7. The fraction of sp³-hybridized carbons (Fsp3) is 0.300. The largest absolute Gasteiger partial charge is 0.367 e. The summed E-state index contributed by atoms with van der Waals surface area (Å²) in [5.74, 6) is 0.203. The molecular weight excluding hydrogens is 382 g/mol. The zero-order valence-electron chi connectivity index (χ0n) is 16.3. The van der Waals surface area contributed by atoms with Crippen molar-refractivity contribution in [3.63, 3.8) is 0 Å². The number of nitrogens with one attached hydrogen (secondary N) is 2. The van der Waals surface area contributed by atoms with Gasteiger partial charge in [-0.15, -0.1) is 0 Å². The van der Waals surface area contributed by atoms with Crippen molar-refractivity contribution < 1.29 is 4.79 Å². The molecule has 10 heteroatoms. The maximum Gasteiger partial charge on any atom is 0.274 e. The van der Waals surface area contributed by atoms with E-state index in [0.717, 1.165) is 43.1 Å². The fourth-order valence-electron chi connectivity index (χ4n) is 3.72. The molecule has 1 amide bonds. The van der Waals surface area contributed by atoms with Crippen LogP contribution < -0.4 is 20.4 Å². The number of hydrogen-bond acceptors (Lipinski definition) is 9. The lowest BCUT2D eigenvalue weighted by Crippen LogP contribution is -2.43. The van der Waals surface area contributed by atoms with Crippen LogP contribution in [0.4, 0.5) is 17.3 Å². The first kappa shape index (κ1) is 18.4. The zero-order chi connectivity index (χ0) is 20.3. The average molecular weight is 403 g/mol. The number of rotatable bonds is 4. The second-order valence-electron chi connectivity index (χ2n) is 7.18. The molecule has 0 spiro atoms. The van der Waals surface area contributed by atoms with Crippen LogP contribution in [0.3, 0.4) is 0 Å². The van der Waals surface area contributed by atoms with Gasteiger partial charge in [0.2, 0.25) is 5.95 Å². The van der Waals surface area contributed by atoms with E-state index >= 15 is 0 Å². The van der Waals surface area contributed by atoms with E-state index in [-0.39, 0.29) is 5.91 Å². The van der Waals surface area contributed by atoms with Crippen molar-refractivity contribution in [2.24, 2.45) is 0 Å². The Morgan fingerprint density at radius 2 is 1.90 bits per heavy atom. The van der Waals surface area contributed by atoms with Crippen molar-refractivity contribution in [2.45, 2.75) is 13.1 Å². The van der Waals surface area contributed by atoms with Gasteiger partial charge in [0.15, 0.2) is 0 Å². The van der Waals surface area contributed by atoms with Crippen LogP contribution in [0.25, 0.3) is 0 Å². The van der Waals surface area contributed by atoms with Gasteiger partial charge in [0, 0.05) is 56.9 Å². The molecule has 0 aromatic carbocycles. The Kier molecular flexibility index (Phi) is 4.89. The minimum Gasteiger partial charge on any atom is -0.367 e. The van der Waals surface area contributed by atoms with Crippen molar-refractivity contribution >= 4 is 23.2 Å². The highest BCUT2D eigenvalue weighted by atomic mass is 16.1. The van der Waals surface area contributed by atoms with E-state index in [1.54, 1.807) is 30.9 Å². The van der Waals surface area contributed by atoms with Crippen molar-refractivity contribution in [1.82, 2.24) is 30.2 Å². The minimum absolute atomic E-state index is 0.292. The topological polar surface area (TPSA) is 112 Å². The number of amides is 1. The van der Waals surface area contributed by atoms with Gasteiger partial charge in [-0.25, -0.2) is 19.9 Å². The molecule has 30 heavy (non-hydrogen) atoms. The van der Waals surface area contributed by atoms with Crippen LogP contribution in [0.5, 0.6) is 0 Å². The molecule has 0 aliphatic carbocycles. The summed E-state index contributed by atoms with van der Waals surface area (Å²) < 4.78 is 0. The van der Waals surface area contributed by atoms with E-state index in [4.69, 9.17) is 0 Å². The van der Waals surface area contributed by atoms with Crippen LogP contribution >= 0.6 is 0 Å². The lowest BCUT2D eigenvalue weighted by Gasteiger charge is -2.30. The van der Waals surface area contributed by atoms with Gasteiger partial charge in [0.25, 0.3) is 5.91 Å². The molecule has 0 unspecified atom stereocenters. The molecule has 3 aromatic heterocycles. The molecule has 3 aromatic rings. The van der Waals surface area contributed by atoms with Gasteiger partial charge in [-0.05, 0) is 12.1 Å². The monoisotopic (exact) mass is 403 g/mol. The Hall–Kier alpha value is -3.66. The number of hydrogen-bond donors (Lipinski definition) is 2. The van der Waals surface area contributed by atoms with Crippen molar-refractivity contribution in [3.8, 4) is 0 Å². The lowest BCUT2D eigenvalue weighted by molar-refractivity contribution is 0.102. The molecule has 152 valence electrons. The van der Waals surface area contributed by atoms with Crippen LogP contribution in [0.15, 0.2) is 43.2 Å². The smallest absolute Gasteiger partial charge is 0.274 e. The Labute approximate surface area is 173 Å². The predicted octanol–water partition coefficient (Wildman–Crippen LogP) is 0.844. The number of nitrogens with zero attached hydrogens (tertiary/aromatic N) is 7. The molecule has 2 N–H and O–H groups in total. The molecule has 0 radical (unpaired) electrons. The number of fused-ring (bicyclic) bond motifs is 1. The highest BCUT2D eigenvalue weighted by Gasteiger charge is 2.23. The van der Waals surface area contributed by atoms with Crippen LogP contribution in [0.2, 0.25) is 0 Å². The molecule has 5 heterocycles. The second-order valence-corrected chi connectivity index (χ2v) is 7.18. The van der Waals surface area contributed by atoms with E-state index in [2.05, 4.69) is 40.5 Å². The number of carbonyl (C=O) groups is 1. The SMILES string of the molecule is O=C(Nc1cnccc1N1CCNCC1)c1ccnc(N2Cc3cncnc3C2)n1. The third-order valence-corrected chi connectivity index (χ3v) is 5.25. The Morgan fingerprint density at radius 1 is 1.00 bits per heavy atom. The summed E-state index contributed by atoms with van der Waals surface area (Å²) in [5, 5.41) is 6.30. The highest BCUT2D eigenvalue weighted by Crippen LogP contribution is 2.26. The summed E-state index contributed by atoms with van der Waals surface area (Å²) in [4.78, 5) is 38.5. The molecule has 1 fully saturated rings. The molecule has 10 nitrogen and oxygen atoms in total. The summed E-state index contributed by atoms with van der Waals surface area (Å²) >= 11 is 0. The molecule has 1 saturated heterocycles. The van der Waals surface area contributed by atoms with Gasteiger partial charge in [0.1, 0.15) is 12.0 Å². The van der Waals surface area contributed by atoms with Crippen LogP contribution in [0.1, 0.15) is 21.7 Å². The third-order valence-electron chi connectivity index (χ3n) is 5.25. The number of pyridine rings is 1. The standard InChI is InChI=1S/C20H21N9O/c30-19(26-16-10-22-3-2-18(16)28-7-5-21-6-8-28)15-1-4-24-20(27-15)29-11-14-9-23-13-25-17(14)12-29/h1-4,9-10,13,21H,5-8,11-12H2,(H,26,30). The average Bonchev–Trinajstić information content (AvgIpc) is 3.25. The van der Waals surface area contributed by atoms with Crippen molar-refractivity contribution in [1.29, 1.82) is 0 Å². The first-order valence-electron chi connectivity index (χ1n) is 9.85. The van der Waals surface area contributed by atoms with Gasteiger partial charge in [-0.3, -0.25) is 9.78 Å². The van der Waals surface area contributed by atoms with Gasteiger partial charge in [-0.1, -0.05) is 0 Å². The molecular formula is C20H21N9O. The maximum atomic E-state index is 12.9. The lowest BCUT2D eigenvalue weighted by atomic mass is 10.2. The summed E-state index contributed by atoms with van der Waals surface area (Å²) in [5.41, 5.74) is 3.94. The summed E-state index contributed by atoms with van der Waals surface area (Å²) in [6, 6.07) is 3.54. The molecule has 0 saturated carbocycles.